The number of piperidine rings is 1. The zero-order valence-electron chi connectivity index (χ0n) is 10.9. The molecule has 1 aromatic heterocycles. The molecule has 0 aliphatic carbocycles. The van der Waals surface area contributed by atoms with Gasteiger partial charge in [0, 0.05) is 19.1 Å². The largest absolute Gasteiger partial charge is 0.379 e. The lowest BCUT2D eigenvalue weighted by Crippen LogP contribution is -2.38. The molecule has 0 unspecified atom stereocenters. The van der Waals surface area contributed by atoms with Gasteiger partial charge in [-0.15, -0.1) is 0 Å². The Morgan fingerprint density at radius 2 is 2.16 bits per heavy atom. The number of benzene rings is 1. The number of hydrogen-bond donors (Lipinski definition) is 1. The van der Waals surface area contributed by atoms with Gasteiger partial charge in [0.2, 0.25) is 0 Å². The van der Waals surface area contributed by atoms with Crippen LogP contribution in [0.4, 0.5) is 5.69 Å². The first-order valence-corrected chi connectivity index (χ1v) is 7.78. The highest BCUT2D eigenvalue weighted by Gasteiger charge is 2.20. The van der Waals surface area contributed by atoms with Crippen LogP contribution in [0, 0.1) is 0 Å². The van der Waals surface area contributed by atoms with Crippen LogP contribution in [0.5, 0.6) is 0 Å². The molecule has 4 nitrogen and oxygen atoms in total. The first-order chi connectivity index (χ1) is 9.28. The molecule has 0 radical (unpaired) electrons. The number of halogens is 1. The predicted molar refractivity (Wildman–Crippen MR) is 81.2 cm³/mol. The molecule has 0 amide bonds. The molecule has 2 heterocycles. The summed E-state index contributed by atoms with van der Waals surface area (Å²) in [5, 5.41) is 4.30. The molecule has 0 spiro atoms. The van der Waals surface area contributed by atoms with Crippen molar-refractivity contribution in [2.75, 3.05) is 25.0 Å². The summed E-state index contributed by atoms with van der Waals surface area (Å²) < 4.78 is 8.61. The molecule has 1 fully saturated rings. The van der Waals surface area contributed by atoms with Gasteiger partial charge in [-0.3, -0.25) is 0 Å². The molecule has 1 aliphatic heterocycles. The Hall–Kier alpha value is -0.910. The second-order valence-corrected chi connectivity index (χ2v) is 5.84. The SMILES string of the molecule is CCN1CCC(Nc2c(Cl)ccc3nsnc23)CC1. The molecule has 0 saturated carbocycles. The summed E-state index contributed by atoms with van der Waals surface area (Å²) in [4.78, 5) is 2.48. The smallest absolute Gasteiger partial charge is 0.129 e. The van der Waals surface area contributed by atoms with Crippen LogP contribution >= 0.6 is 23.3 Å². The van der Waals surface area contributed by atoms with Crippen molar-refractivity contribution < 1.29 is 0 Å². The minimum atomic E-state index is 0.479. The maximum Gasteiger partial charge on any atom is 0.129 e. The van der Waals surface area contributed by atoms with E-state index >= 15 is 0 Å². The third-order valence-corrected chi connectivity index (χ3v) is 4.62. The van der Waals surface area contributed by atoms with Gasteiger partial charge in [-0.05, 0) is 31.5 Å². The van der Waals surface area contributed by atoms with E-state index in [9.17, 15) is 0 Å². The maximum atomic E-state index is 6.30. The number of nitrogens with zero attached hydrogens (tertiary/aromatic N) is 3. The molecule has 2 aromatic rings. The van der Waals surface area contributed by atoms with Gasteiger partial charge in [0.05, 0.1) is 22.4 Å². The molecule has 0 bridgehead atoms. The number of hydrogen-bond acceptors (Lipinski definition) is 5. The van der Waals surface area contributed by atoms with Gasteiger partial charge in [0.25, 0.3) is 0 Å². The van der Waals surface area contributed by atoms with Crippen LogP contribution in [0.25, 0.3) is 11.0 Å². The highest BCUT2D eigenvalue weighted by atomic mass is 35.5. The van der Waals surface area contributed by atoms with Crippen LogP contribution in [0.1, 0.15) is 19.8 Å². The van der Waals surface area contributed by atoms with Gasteiger partial charge < -0.3 is 10.2 Å². The van der Waals surface area contributed by atoms with Crippen molar-refractivity contribution in [3.05, 3.63) is 17.2 Å². The Morgan fingerprint density at radius 3 is 2.89 bits per heavy atom. The van der Waals surface area contributed by atoms with E-state index in [1.54, 1.807) is 0 Å². The van der Waals surface area contributed by atoms with Crippen molar-refractivity contribution in [1.29, 1.82) is 0 Å². The lowest BCUT2D eigenvalue weighted by molar-refractivity contribution is 0.229. The Balaban J connectivity index is 1.78. The fourth-order valence-corrected chi connectivity index (χ4v) is 3.31. The molecule has 19 heavy (non-hydrogen) atoms. The number of nitrogens with one attached hydrogen (secondary N) is 1. The number of anilines is 1. The summed E-state index contributed by atoms with van der Waals surface area (Å²) in [6.07, 6.45) is 2.30. The Morgan fingerprint density at radius 1 is 1.37 bits per heavy atom. The zero-order chi connectivity index (χ0) is 13.2. The Bertz CT molecular complexity index is 563. The summed E-state index contributed by atoms with van der Waals surface area (Å²) in [5.41, 5.74) is 2.76. The molecule has 1 N–H and O–H groups in total. The van der Waals surface area contributed by atoms with Crippen molar-refractivity contribution in [2.24, 2.45) is 0 Å². The average molecular weight is 297 g/mol. The number of fused-ring (bicyclic) bond motifs is 1. The lowest BCUT2D eigenvalue weighted by Gasteiger charge is -2.32. The van der Waals surface area contributed by atoms with Crippen molar-refractivity contribution in [3.8, 4) is 0 Å². The summed E-state index contributed by atoms with van der Waals surface area (Å²) in [6, 6.07) is 4.30. The van der Waals surface area contributed by atoms with Crippen LogP contribution in [-0.4, -0.2) is 39.3 Å². The minimum Gasteiger partial charge on any atom is -0.379 e. The summed E-state index contributed by atoms with van der Waals surface area (Å²) in [5.74, 6) is 0. The number of aromatic nitrogens is 2. The highest BCUT2D eigenvalue weighted by Crippen LogP contribution is 2.31. The van der Waals surface area contributed by atoms with Gasteiger partial charge in [-0.2, -0.15) is 8.75 Å². The fraction of sp³-hybridized carbons (Fsp3) is 0.538. The second kappa shape index (κ2) is 5.61. The van der Waals surface area contributed by atoms with E-state index in [0.717, 1.165) is 54.2 Å². The first kappa shape index (κ1) is 13.1. The van der Waals surface area contributed by atoms with Crippen LogP contribution in [-0.2, 0) is 0 Å². The monoisotopic (exact) mass is 296 g/mol. The van der Waals surface area contributed by atoms with Gasteiger partial charge in [0.15, 0.2) is 0 Å². The molecule has 1 saturated heterocycles. The van der Waals surface area contributed by atoms with E-state index in [4.69, 9.17) is 11.6 Å². The first-order valence-electron chi connectivity index (χ1n) is 6.67. The molecule has 3 rings (SSSR count). The van der Waals surface area contributed by atoms with Crippen molar-refractivity contribution in [2.45, 2.75) is 25.8 Å². The maximum absolute atomic E-state index is 6.30. The van der Waals surface area contributed by atoms with E-state index in [1.807, 2.05) is 12.1 Å². The normalized spacial score (nSPS) is 18.0. The topological polar surface area (TPSA) is 41.0 Å². The van der Waals surface area contributed by atoms with E-state index in [1.165, 1.54) is 11.7 Å². The number of likely N-dealkylation sites (tertiary alicyclic amines) is 1. The van der Waals surface area contributed by atoms with E-state index in [2.05, 4.69) is 25.9 Å². The molecular formula is C13H17ClN4S. The van der Waals surface area contributed by atoms with Crippen molar-refractivity contribution >= 4 is 40.0 Å². The van der Waals surface area contributed by atoms with Gasteiger partial charge in [-0.1, -0.05) is 18.5 Å². The summed E-state index contributed by atoms with van der Waals surface area (Å²) >= 11 is 7.53. The molecule has 1 aromatic carbocycles. The van der Waals surface area contributed by atoms with Crippen LogP contribution in [0.15, 0.2) is 12.1 Å². The quantitative estimate of drug-likeness (QED) is 0.944. The highest BCUT2D eigenvalue weighted by molar-refractivity contribution is 7.00. The molecule has 102 valence electrons. The zero-order valence-corrected chi connectivity index (χ0v) is 12.5. The minimum absolute atomic E-state index is 0.479. The van der Waals surface area contributed by atoms with Gasteiger partial charge in [0.1, 0.15) is 11.0 Å². The Kier molecular flexibility index (Phi) is 3.86. The third kappa shape index (κ3) is 2.68. The second-order valence-electron chi connectivity index (χ2n) is 4.91. The average Bonchev–Trinajstić information content (AvgIpc) is 2.91. The third-order valence-electron chi connectivity index (χ3n) is 3.76. The standard InChI is InChI=1S/C13H17ClN4S/c1-2-18-7-5-9(6-8-18)15-12-10(14)3-4-11-13(12)17-19-16-11/h3-4,9,15H,2,5-8H2,1H3. The molecule has 6 heteroatoms. The Labute approximate surface area is 122 Å². The van der Waals surface area contributed by atoms with Crippen molar-refractivity contribution in [3.63, 3.8) is 0 Å². The number of rotatable bonds is 3. The van der Waals surface area contributed by atoms with Crippen LogP contribution in [0.3, 0.4) is 0 Å². The van der Waals surface area contributed by atoms with E-state index in [-0.39, 0.29) is 0 Å². The van der Waals surface area contributed by atoms with Crippen molar-refractivity contribution in [1.82, 2.24) is 13.6 Å². The van der Waals surface area contributed by atoms with Crippen LogP contribution in [0.2, 0.25) is 5.02 Å². The van der Waals surface area contributed by atoms with E-state index < -0.39 is 0 Å². The summed E-state index contributed by atoms with van der Waals surface area (Å²) in [6.45, 7) is 5.65. The van der Waals surface area contributed by atoms with Crippen LogP contribution < -0.4 is 5.32 Å². The fourth-order valence-electron chi connectivity index (χ4n) is 2.56. The predicted octanol–water partition coefficient (Wildman–Crippen LogP) is 3.24. The van der Waals surface area contributed by atoms with E-state index in [0.29, 0.717) is 6.04 Å². The summed E-state index contributed by atoms with van der Waals surface area (Å²) in [7, 11) is 0. The van der Waals surface area contributed by atoms with Gasteiger partial charge >= 0.3 is 0 Å². The molecular weight excluding hydrogens is 280 g/mol. The molecule has 1 aliphatic rings. The van der Waals surface area contributed by atoms with Gasteiger partial charge in [-0.25, -0.2) is 0 Å². The molecule has 0 atom stereocenters. The lowest BCUT2D eigenvalue weighted by atomic mass is 10.0.